The van der Waals surface area contributed by atoms with Crippen LogP contribution in [0.15, 0.2) is 39.6 Å². The van der Waals surface area contributed by atoms with Crippen LogP contribution in [0.4, 0.5) is 5.69 Å². The van der Waals surface area contributed by atoms with Crippen LogP contribution in [0, 0.1) is 6.92 Å². The van der Waals surface area contributed by atoms with E-state index >= 15 is 0 Å². The number of fused-ring (bicyclic) bond motifs is 1. The quantitative estimate of drug-likeness (QED) is 0.648. The van der Waals surface area contributed by atoms with Crippen molar-refractivity contribution in [3.8, 4) is 0 Å². The molecular weight excluding hydrogens is 356 g/mol. The van der Waals surface area contributed by atoms with E-state index in [0.29, 0.717) is 0 Å². The smallest absolute Gasteiger partial charge is 0.0752 e. The van der Waals surface area contributed by atoms with Gasteiger partial charge in [-0.1, -0.05) is 11.6 Å². The predicted octanol–water partition coefficient (Wildman–Crippen LogP) is 5.63. The molecule has 0 radical (unpaired) electrons. The Morgan fingerprint density at radius 2 is 2.25 bits per heavy atom. The first kappa shape index (κ1) is 13.9. The maximum absolute atomic E-state index is 6.38. The van der Waals surface area contributed by atoms with Crippen molar-refractivity contribution in [1.29, 1.82) is 0 Å². The van der Waals surface area contributed by atoms with Crippen molar-refractivity contribution in [3.05, 3.63) is 55.8 Å². The summed E-state index contributed by atoms with van der Waals surface area (Å²) in [5, 5.41) is 7.35. The van der Waals surface area contributed by atoms with Crippen molar-refractivity contribution >= 4 is 55.5 Å². The monoisotopic (exact) mass is 366 g/mol. The normalized spacial score (nSPS) is 10.9. The van der Waals surface area contributed by atoms with E-state index in [1.165, 1.54) is 5.56 Å². The molecule has 1 N–H and O–H groups in total. The summed E-state index contributed by atoms with van der Waals surface area (Å²) in [6, 6.07) is 8.06. The van der Waals surface area contributed by atoms with Crippen molar-refractivity contribution in [2.24, 2.45) is 0 Å². The summed E-state index contributed by atoms with van der Waals surface area (Å²) in [4.78, 5) is 4.44. The molecule has 0 atom stereocenters. The SMILES string of the molecule is Cc1cc(Cl)c(NCc2csc(Br)c2)c2cccnc12. The Morgan fingerprint density at radius 1 is 1.40 bits per heavy atom. The number of pyridine rings is 1. The fraction of sp³-hybridized carbons (Fsp3) is 0.133. The van der Waals surface area contributed by atoms with E-state index in [1.54, 1.807) is 11.3 Å². The van der Waals surface area contributed by atoms with Crippen molar-refractivity contribution in [3.63, 3.8) is 0 Å². The first-order valence-electron chi connectivity index (χ1n) is 6.16. The standard InChI is InChI=1S/C15H12BrClN2S/c1-9-5-12(17)15(11-3-2-4-18-14(9)11)19-7-10-6-13(16)20-8-10/h2-6,8,19H,7H2,1H3. The van der Waals surface area contributed by atoms with Crippen molar-refractivity contribution in [1.82, 2.24) is 4.98 Å². The molecule has 0 saturated heterocycles. The maximum atomic E-state index is 6.38. The molecule has 0 amide bonds. The average molecular weight is 368 g/mol. The number of aromatic nitrogens is 1. The lowest BCUT2D eigenvalue weighted by molar-refractivity contribution is 1.17. The van der Waals surface area contributed by atoms with Gasteiger partial charge in [0.1, 0.15) is 0 Å². The summed E-state index contributed by atoms with van der Waals surface area (Å²) >= 11 is 11.5. The number of aryl methyl sites for hydroxylation is 1. The minimum atomic E-state index is 0.734. The summed E-state index contributed by atoms with van der Waals surface area (Å²) in [7, 11) is 0. The van der Waals surface area contributed by atoms with Gasteiger partial charge in [0, 0.05) is 18.1 Å². The average Bonchev–Trinajstić information content (AvgIpc) is 2.84. The first-order valence-corrected chi connectivity index (χ1v) is 8.21. The first-order chi connectivity index (χ1) is 9.65. The van der Waals surface area contributed by atoms with E-state index in [4.69, 9.17) is 11.6 Å². The molecule has 0 saturated carbocycles. The van der Waals surface area contributed by atoms with E-state index in [-0.39, 0.29) is 0 Å². The highest BCUT2D eigenvalue weighted by Gasteiger charge is 2.09. The second-order valence-electron chi connectivity index (χ2n) is 4.56. The maximum Gasteiger partial charge on any atom is 0.0752 e. The Bertz CT molecular complexity index is 770. The molecule has 20 heavy (non-hydrogen) atoms. The molecule has 0 bridgehead atoms. The summed E-state index contributed by atoms with van der Waals surface area (Å²) in [6.07, 6.45) is 1.81. The minimum Gasteiger partial charge on any atom is -0.379 e. The second kappa shape index (κ2) is 5.72. The number of benzene rings is 1. The number of hydrogen-bond acceptors (Lipinski definition) is 3. The van der Waals surface area contributed by atoms with Gasteiger partial charge in [-0.15, -0.1) is 11.3 Å². The summed E-state index contributed by atoms with van der Waals surface area (Å²) < 4.78 is 1.14. The highest BCUT2D eigenvalue weighted by molar-refractivity contribution is 9.11. The molecule has 0 spiro atoms. The van der Waals surface area contributed by atoms with E-state index in [9.17, 15) is 0 Å². The predicted molar refractivity (Wildman–Crippen MR) is 90.8 cm³/mol. The topological polar surface area (TPSA) is 24.9 Å². The van der Waals surface area contributed by atoms with Crippen LogP contribution < -0.4 is 5.32 Å². The summed E-state index contributed by atoms with van der Waals surface area (Å²) in [6.45, 7) is 2.77. The lowest BCUT2D eigenvalue weighted by atomic mass is 10.1. The molecule has 3 rings (SSSR count). The van der Waals surface area contributed by atoms with Crippen LogP contribution in [0.1, 0.15) is 11.1 Å². The Kier molecular flexibility index (Phi) is 3.96. The Labute approximate surface area is 134 Å². The van der Waals surface area contributed by atoms with E-state index in [1.807, 2.05) is 31.3 Å². The highest BCUT2D eigenvalue weighted by atomic mass is 79.9. The zero-order valence-electron chi connectivity index (χ0n) is 10.8. The fourth-order valence-electron chi connectivity index (χ4n) is 2.19. The molecule has 2 heterocycles. The molecule has 3 aromatic rings. The molecule has 0 fully saturated rings. The third kappa shape index (κ3) is 2.68. The number of anilines is 1. The van der Waals surface area contributed by atoms with Gasteiger partial charge in [-0.3, -0.25) is 4.98 Å². The molecule has 0 unspecified atom stereocenters. The third-order valence-corrected chi connectivity index (χ3v) is 4.98. The van der Waals surface area contributed by atoms with Gasteiger partial charge in [-0.25, -0.2) is 0 Å². The molecule has 0 aliphatic carbocycles. The lowest BCUT2D eigenvalue weighted by Crippen LogP contribution is -2.00. The van der Waals surface area contributed by atoms with Crippen molar-refractivity contribution in [2.75, 3.05) is 5.32 Å². The molecule has 2 nitrogen and oxygen atoms in total. The van der Waals surface area contributed by atoms with Crippen molar-refractivity contribution < 1.29 is 0 Å². The Balaban J connectivity index is 1.98. The minimum absolute atomic E-state index is 0.734. The molecular formula is C15H12BrClN2S. The summed E-state index contributed by atoms with van der Waals surface area (Å²) in [5.74, 6) is 0. The second-order valence-corrected chi connectivity index (χ2v) is 7.26. The zero-order chi connectivity index (χ0) is 14.1. The van der Waals surface area contributed by atoms with Crippen LogP contribution in [-0.4, -0.2) is 4.98 Å². The van der Waals surface area contributed by atoms with Crippen LogP contribution in [0.2, 0.25) is 5.02 Å². The number of thiophene rings is 1. The molecule has 1 aromatic carbocycles. The number of halogens is 2. The Hall–Kier alpha value is -1.10. The van der Waals surface area contributed by atoms with Gasteiger partial charge in [0.05, 0.1) is 20.0 Å². The largest absolute Gasteiger partial charge is 0.379 e. The van der Waals surface area contributed by atoms with Gasteiger partial charge in [-0.2, -0.15) is 0 Å². The van der Waals surface area contributed by atoms with Crippen LogP contribution in [0.5, 0.6) is 0 Å². The van der Waals surface area contributed by atoms with Gasteiger partial charge in [0.25, 0.3) is 0 Å². The van der Waals surface area contributed by atoms with Crippen LogP contribution in [-0.2, 0) is 6.54 Å². The number of rotatable bonds is 3. The number of nitrogens with zero attached hydrogens (tertiary/aromatic N) is 1. The lowest BCUT2D eigenvalue weighted by Gasteiger charge is -2.12. The molecule has 0 aliphatic heterocycles. The summed E-state index contributed by atoms with van der Waals surface area (Å²) in [5.41, 5.74) is 4.26. The van der Waals surface area contributed by atoms with Crippen LogP contribution >= 0.6 is 38.9 Å². The van der Waals surface area contributed by atoms with E-state index in [2.05, 4.69) is 37.7 Å². The van der Waals surface area contributed by atoms with Gasteiger partial charge >= 0.3 is 0 Å². The molecule has 0 aliphatic rings. The van der Waals surface area contributed by atoms with Crippen LogP contribution in [0.25, 0.3) is 10.9 Å². The molecule has 2 aromatic heterocycles. The van der Waals surface area contributed by atoms with Gasteiger partial charge < -0.3 is 5.32 Å². The van der Waals surface area contributed by atoms with Gasteiger partial charge in [0.2, 0.25) is 0 Å². The van der Waals surface area contributed by atoms with Gasteiger partial charge in [-0.05, 0) is 63.6 Å². The highest BCUT2D eigenvalue weighted by Crippen LogP contribution is 2.33. The van der Waals surface area contributed by atoms with E-state index in [0.717, 1.165) is 37.5 Å². The third-order valence-electron chi connectivity index (χ3n) is 3.12. The fourth-order valence-corrected chi connectivity index (χ4v) is 3.73. The van der Waals surface area contributed by atoms with Crippen molar-refractivity contribution in [2.45, 2.75) is 13.5 Å². The van der Waals surface area contributed by atoms with Crippen LogP contribution in [0.3, 0.4) is 0 Å². The molecule has 102 valence electrons. The zero-order valence-corrected chi connectivity index (χ0v) is 13.9. The number of nitrogens with one attached hydrogen (secondary N) is 1. The van der Waals surface area contributed by atoms with Gasteiger partial charge in [0.15, 0.2) is 0 Å². The number of hydrogen-bond donors (Lipinski definition) is 1. The molecule has 5 heteroatoms. The Morgan fingerprint density at radius 3 is 3.00 bits per heavy atom. The van der Waals surface area contributed by atoms with E-state index < -0.39 is 0 Å².